The lowest BCUT2D eigenvalue weighted by Gasteiger charge is -2.39. The molecule has 0 amide bonds. The van der Waals surface area contributed by atoms with Crippen molar-refractivity contribution in [2.45, 2.75) is 105 Å². The Labute approximate surface area is 255 Å². The van der Waals surface area contributed by atoms with E-state index < -0.39 is 0 Å². The first-order valence-electron chi connectivity index (χ1n) is 15.3. The monoisotopic (exact) mass is 572 g/mol. The summed E-state index contributed by atoms with van der Waals surface area (Å²) in [7, 11) is 0. The molecule has 1 heterocycles. The van der Waals surface area contributed by atoms with Gasteiger partial charge < -0.3 is 14.4 Å². The number of aliphatic imine (C=N–C) groups is 1. The highest BCUT2D eigenvalue weighted by Crippen LogP contribution is 2.39. The lowest BCUT2D eigenvalue weighted by molar-refractivity contribution is -0.149. The molecule has 0 saturated carbocycles. The molecule has 0 radical (unpaired) electrons. The van der Waals surface area contributed by atoms with Crippen LogP contribution in [-0.4, -0.2) is 28.6 Å². The van der Waals surface area contributed by atoms with Gasteiger partial charge in [0.25, 0.3) is 0 Å². The Morgan fingerprint density at radius 3 is 1.88 bits per heavy atom. The van der Waals surface area contributed by atoms with Crippen LogP contribution in [0.15, 0.2) is 102 Å². The Morgan fingerprint density at radius 2 is 1.43 bits per heavy atom. The summed E-state index contributed by atoms with van der Waals surface area (Å²) >= 11 is 0. The Bertz CT molecular complexity index is 1120. The highest BCUT2D eigenvalue weighted by molar-refractivity contribution is 5.86. The molecular formula is C37H52N2O3. The van der Waals surface area contributed by atoms with Gasteiger partial charge in [0.05, 0.1) is 6.04 Å². The molecule has 0 aromatic heterocycles. The van der Waals surface area contributed by atoms with Gasteiger partial charge in [-0.15, -0.1) is 13.2 Å². The van der Waals surface area contributed by atoms with Crippen molar-refractivity contribution in [3.63, 3.8) is 0 Å². The Hall–Kier alpha value is -3.73. The molecule has 3 rings (SSSR count). The first-order valence-corrected chi connectivity index (χ1v) is 15.3. The van der Waals surface area contributed by atoms with Crippen LogP contribution in [0.3, 0.4) is 0 Å². The van der Waals surface area contributed by atoms with Crippen molar-refractivity contribution in [1.29, 1.82) is 0 Å². The number of amidine groups is 1. The van der Waals surface area contributed by atoms with Gasteiger partial charge in [-0.05, 0) is 69.6 Å². The Morgan fingerprint density at radius 1 is 0.905 bits per heavy atom. The number of unbranched alkanes of at least 4 members (excludes halogenated alkanes) is 1. The van der Waals surface area contributed by atoms with Crippen LogP contribution >= 0.6 is 0 Å². The highest BCUT2D eigenvalue weighted by atomic mass is 16.5. The van der Waals surface area contributed by atoms with E-state index in [2.05, 4.69) is 101 Å². The lowest BCUT2D eigenvalue weighted by Crippen LogP contribution is -2.36. The third-order valence-electron chi connectivity index (χ3n) is 6.90. The number of esters is 1. The van der Waals surface area contributed by atoms with Crippen LogP contribution < -0.4 is 0 Å². The summed E-state index contributed by atoms with van der Waals surface area (Å²) in [5.74, 6) is 1.01. The number of carbonyl (C=O) groups excluding carboxylic acids is 2. The summed E-state index contributed by atoms with van der Waals surface area (Å²) in [6.07, 6.45) is 6.80. The maximum absolute atomic E-state index is 12.5. The van der Waals surface area contributed by atoms with E-state index >= 15 is 0 Å². The number of carbonyl (C=O) groups is 2. The van der Waals surface area contributed by atoms with Crippen molar-refractivity contribution in [2.75, 3.05) is 0 Å². The molecule has 0 saturated heterocycles. The van der Waals surface area contributed by atoms with E-state index in [1.165, 1.54) is 25.0 Å². The van der Waals surface area contributed by atoms with Gasteiger partial charge in [-0.1, -0.05) is 101 Å². The fraction of sp³-hybridized carbons (Fsp3) is 0.432. The zero-order valence-corrected chi connectivity index (χ0v) is 26.8. The van der Waals surface area contributed by atoms with E-state index in [4.69, 9.17) is 9.73 Å². The number of Topliss-reactive ketones (excluding diaryl/α,β-unsaturated/α-hetero) is 1. The van der Waals surface area contributed by atoms with Crippen molar-refractivity contribution in [3.05, 3.63) is 108 Å². The van der Waals surface area contributed by atoms with Crippen LogP contribution in [0.2, 0.25) is 0 Å². The molecule has 1 aliphatic heterocycles. The maximum atomic E-state index is 12.5. The largest absolute Gasteiger partial charge is 0.462 e. The van der Waals surface area contributed by atoms with Crippen molar-refractivity contribution >= 4 is 17.6 Å². The second-order valence-corrected chi connectivity index (χ2v) is 10.4. The minimum atomic E-state index is -0.0963. The summed E-state index contributed by atoms with van der Waals surface area (Å²) in [4.78, 5) is 29.3. The molecule has 5 heteroatoms. The molecule has 0 fully saturated rings. The molecule has 5 nitrogen and oxygen atoms in total. The van der Waals surface area contributed by atoms with Crippen molar-refractivity contribution in [1.82, 2.24) is 4.90 Å². The van der Waals surface area contributed by atoms with Gasteiger partial charge in [-0.2, -0.15) is 0 Å². The number of nitrogens with zero attached hydrogens (tertiary/aromatic N) is 2. The number of ketones is 1. The molecule has 1 aliphatic rings. The number of hydrogen-bond acceptors (Lipinski definition) is 5. The van der Waals surface area contributed by atoms with Crippen molar-refractivity contribution in [3.8, 4) is 0 Å². The van der Waals surface area contributed by atoms with E-state index in [1.54, 1.807) is 0 Å². The first-order chi connectivity index (χ1) is 20.2. The zero-order valence-electron chi connectivity index (χ0n) is 26.8. The third kappa shape index (κ3) is 11.6. The Kier molecular flexibility index (Phi) is 17.5. The van der Waals surface area contributed by atoms with Gasteiger partial charge in [-0.25, -0.2) is 4.99 Å². The molecule has 0 N–H and O–H groups in total. The number of ether oxygens (including phenoxy) is 1. The minimum absolute atomic E-state index is 0.0223. The number of allylic oxidation sites excluding steroid dienone is 2. The molecule has 0 bridgehead atoms. The maximum Gasteiger partial charge on any atom is 0.306 e. The van der Waals surface area contributed by atoms with Crippen molar-refractivity contribution < 1.29 is 14.3 Å². The van der Waals surface area contributed by atoms with E-state index in [0.29, 0.717) is 6.42 Å². The average Bonchev–Trinajstić information content (AvgIpc) is 2.99. The smallest absolute Gasteiger partial charge is 0.306 e. The van der Waals surface area contributed by atoms with E-state index in [1.807, 2.05) is 12.1 Å². The van der Waals surface area contributed by atoms with Gasteiger partial charge in [0, 0.05) is 17.8 Å². The topological polar surface area (TPSA) is 59.0 Å². The number of hydrogen-bond donors (Lipinski definition) is 0. The van der Waals surface area contributed by atoms with Crippen LogP contribution in [-0.2, 0) is 14.3 Å². The highest BCUT2D eigenvalue weighted by Gasteiger charge is 2.31. The van der Waals surface area contributed by atoms with Crippen LogP contribution in [0.25, 0.3) is 0 Å². The predicted molar refractivity (Wildman–Crippen MR) is 177 cm³/mol. The van der Waals surface area contributed by atoms with E-state index in [0.717, 1.165) is 67.7 Å². The average molecular weight is 573 g/mol. The zero-order chi connectivity index (χ0) is 31.5. The first kappa shape index (κ1) is 36.3. The molecule has 228 valence electrons. The van der Waals surface area contributed by atoms with Gasteiger partial charge in [0.15, 0.2) is 0 Å². The molecule has 0 aliphatic carbocycles. The van der Waals surface area contributed by atoms with Crippen molar-refractivity contribution in [2.24, 2.45) is 4.99 Å². The molecule has 2 aromatic rings. The summed E-state index contributed by atoms with van der Waals surface area (Å²) < 4.78 is 5.75. The quantitative estimate of drug-likeness (QED) is 0.177. The SMILES string of the molecule is C=C.C=C1C(CCCC(=O)OC(CC)CCCC)=C(CC)N=C(C)N1C(c1ccccc1)c1ccccc1.CC(C)=O. The van der Waals surface area contributed by atoms with Gasteiger partial charge >= 0.3 is 5.97 Å². The van der Waals surface area contributed by atoms with Crippen LogP contribution in [0.5, 0.6) is 0 Å². The summed E-state index contributed by atoms with van der Waals surface area (Å²) in [6, 6.07) is 21.0. The molecule has 1 atom stereocenters. The fourth-order valence-corrected chi connectivity index (χ4v) is 4.94. The van der Waals surface area contributed by atoms with Crippen LogP contribution in [0.1, 0.15) is 110 Å². The van der Waals surface area contributed by atoms with E-state index in [-0.39, 0.29) is 23.9 Å². The summed E-state index contributed by atoms with van der Waals surface area (Å²) in [5.41, 5.74) is 5.57. The summed E-state index contributed by atoms with van der Waals surface area (Å²) in [5, 5.41) is 0. The van der Waals surface area contributed by atoms with Gasteiger partial charge in [0.1, 0.15) is 17.7 Å². The summed E-state index contributed by atoms with van der Waals surface area (Å²) in [6.45, 7) is 22.1. The fourth-order valence-electron chi connectivity index (χ4n) is 4.94. The third-order valence-corrected chi connectivity index (χ3v) is 6.90. The molecule has 42 heavy (non-hydrogen) atoms. The second kappa shape index (κ2) is 20.2. The van der Waals surface area contributed by atoms with Crippen LogP contribution in [0, 0.1) is 0 Å². The van der Waals surface area contributed by atoms with Gasteiger partial charge in [-0.3, -0.25) is 4.79 Å². The van der Waals surface area contributed by atoms with Crippen LogP contribution in [0.4, 0.5) is 0 Å². The second-order valence-electron chi connectivity index (χ2n) is 10.4. The minimum Gasteiger partial charge on any atom is -0.462 e. The molecule has 2 aromatic carbocycles. The molecule has 0 spiro atoms. The normalized spacial score (nSPS) is 13.4. The number of rotatable bonds is 13. The molecule has 1 unspecified atom stereocenters. The number of benzene rings is 2. The van der Waals surface area contributed by atoms with E-state index in [9.17, 15) is 9.59 Å². The lowest BCUT2D eigenvalue weighted by atomic mass is 9.92. The Balaban J connectivity index is 0.00000135. The van der Waals surface area contributed by atoms with Gasteiger partial charge in [0.2, 0.25) is 0 Å². The standard InChI is InChI=1S/C32H42N2O2.C3H6O.C2H4/c1-6-9-21-28(7-2)36-31(35)23-16-22-29-24(4)34(25(5)33-30(29)8-3)32(26-17-12-10-13-18-26)27-19-14-11-15-20-27;1-3(2)4;1-2/h10-15,17-20,28,32H,4,6-9,16,21-23H2,1-3,5H3;1-2H3;1-2H2. The predicted octanol–water partition coefficient (Wildman–Crippen LogP) is 9.77. The molecular weight excluding hydrogens is 520 g/mol.